The van der Waals surface area contributed by atoms with E-state index in [4.69, 9.17) is 14.6 Å². The number of carbonyl (C=O) groups is 2. The van der Waals surface area contributed by atoms with Gasteiger partial charge in [0.15, 0.2) is 6.61 Å². The molecule has 3 N–H and O–H groups in total. The number of carboxylic acid groups (broad SMARTS) is 1. The minimum Gasteiger partial charge on any atom is -0.482 e. The van der Waals surface area contributed by atoms with E-state index < -0.39 is 18.0 Å². The third kappa shape index (κ3) is 4.47. The third-order valence-electron chi connectivity index (χ3n) is 5.98. The summed E-state index contributed by atoms with van der Waals surface area (Å²) in [7, 11) is 0. The van der Waals surface area contributed by atoms with Crippen molar-refractivity contribution in [1.29, 1.82) is 0 Å². The fourth-order valence-electron chi connectivity index (χ4n) is 4.76. The molecule has 0 aromatic heterocycles. The molecule has 1 saturated carbocycles. The van der Waals surface area contributed by atoms with Gasteiger partial charge in [-0.05, 0) is 74.0 Å². The average molecular weight is 392 g/mol. The Bertz CT molecular complexity index is 715. The van der Waals surface area contributed by atoms with Crippen molar-refractivity contribution >= 4 is 11.9 Å². The Morgan fingerprint density at radius 3 is 2.75 bits per heavy atom. The molecule has 28 heavy (non-hydrogen) atoms. The second kappa shape index (κ2) is 8.92. The van der Waals surface area contributed by atoms with Gasteiger partial charge in [-0.3, -0.25) is 0 Å². The lowest BCUT2D eigenvalue weighted by Gasteiger charge is -2.32. The molecule has 0 saturated heterocycles. The third-order valence-corrected chi connectivity index (χ3v) is 5.98. The second-order valence-corrected chi connectivity index (χ2v) is 7.83. The summed E-state index contributed by atoms with van der Waals surface area (Å²) in [6.07, 6.45) is 2.23. The topological polar surface area (TPSA) is 113 Å². The number of fused-ring (bicyclic) bond motifs is 2. The van der Waals surface area contributed by atoms with Crippen molar-refractivity contribution in [2.45, 2.75) is 51.2 Å². The van der Waals surface area contributed by atoms with Crippen LogP contribution in [0.2, 0.25) is 0 Å². The van der Waals surface area contributed by atoms with Crippen LogP contribution in [-0.2, 0) is 27.2 Å². The fraction of sp³-hybridized carbons (Fsp3) is 0.619. The van der Waals surface area contributed by atoms with Crippen LogP contribution in [-0.4, -0.2) is 52.7 Å². The van der Waals surface area contributed by atoms with Crippen molar-refractivity contribution in [1.82, 2.24) is 0 Å². The molecule has 5 atom stereocenters. The highest BCUT2D eigenvalue weighted by Gasteiger charge is 2.47. The summed E-state index contributed by atoms with van der Waals surface area (Å²) in [6, 6.07) is 5.71. The highest BCUT2D eigenvalue weighted by molar-refractivity contribution is 5.74. The number of benzene rings is 1. The SMILES string of the molecule is C[C@@H](O)C(=O)O[C@@H]1C[C@@H]2Cc3c(cccc3OCC(=O)O)C[C@@H]2[C@H]1CCCO. The van der Waals surface area contributed by atoms with Gasteiger partial charge in [-0.25, -0.2) is 9.59 Å². The average Bonchev–Trinajstić information content (AvgIpc) is 2.98. The molecule has 0 radical (unpaired) electrons. The number of esters is 1. The van der Waals surface area contributed by atoms with Crippen LogP contribution in [0, 0.1) is 17.8 Å². The first-order chi connectivity index (χ1) is 13.4. The maximum atomic E-state index is 11.9. The van der Waals surface area contributed by atoms with Gasteiger partial charge in [0.25, 0.3) is 0 Å². The summed E-state index contributed by atoms with van der Waals surface area (Å²) >= 11 is 0. The van der Waals surface area contributed by atoms with E-state index in [1.807, 2.05) is 12.1 Å². The van der Waals surface area contributed by atoms with E-state index >= 15 is 0 Å². The fourth-order valence-corrected chi connectivity index (χ4v) is 4.76. The number of aliphatic carboxylic acids is 1. The lowest BCUT2D eigenvalue weighted by atomic mass is 9.73. The molecule has 0 heterocycles. The molecule has 7 heteroatoms. The smallest absolute Gasteiger partial charge is 0.341 e. The summed E-state index contributed by atoms with van der Waals surface area (Å²) < 4.78 is 11.1. The molecule has 7 nitrogen and oxygen atoms in total. The zero-order valence-corrected chi connectivity index (χ0v) is 16.0. The number of hydrogen-bond acceptors (Lipinski definition) is 6. The van der Waals surface area contributed by atoms with E-state index in [9.17, 15) is 19.8 Å². The standard InChI is InChI=1S/C21H28O7/c1-12(23)21(26)28-19-10-14-9-17-13(8-16(14)15(19)5-3-7-22)4-2-6-18(17)27-11-20(24)25/h2,4,6,12,14-16,19,22-23H,3,5,7-11H2,1H3,(H,24,25)/t12-,14+,15-,16+,19-/m1/s1. The lowest BCUT2D eigenvalue weighted by Crippen LogP contribution is -2.31. The van der Waals surface area contributed by atoms with Gasteiger partial charge >= 0.3 is 11.9 Å². The maximum absolute atomic E-state index is 11.9. The number of carboxylic acids is 1. The van der Waals surface area contributed by atoms with Gasteiger partial charge in [0.05, 0.1) is 0 Å². The molecule has 1 fully saturated rings. The van der Waals surface area contributed by atoms with Crippen LogP contribution in [0.5, 0.6) is 5.75 Å². The Kier molecular flexibility index (Phi) is 6.57. The molecule has 154 valence electrons. The number of aliphatic hydroxyl groups excluding tert-OH is 2. The summed E-state index contributed by atoms with van der Waals surface area (Å²) in [4.78, 5) is 22.8. The Morgan fingerprint density at radius 1 is 1.29 bits per heavy atom. The Balaban J connectivity index is 1.80. The van der Waals surface area contributed by atoms with Crippen molar-refractivity contribution in [3.8, 4) is 5.75 Å². The van der Waals surface area contributed by atoms with Crippen LogP contribution in [0.4, 0.5) is 0 Å². The van der Waals surface area contributed by atoms with Gasteiger partial charge in [-0.15, -0.1) is 0 Å². The normalized spacial score (nSPS) is 26.8. The molecule has 2 aliphatic rings. The zero-order valence-electron chi connectivity index (χ0n) is 16.0. The molecule has 1 aromatic rings. The molecule has 3 rings (SSSR count). The van der Waals surface area contributed by atoms with Crippen molar-refractivity contribution in [2.24, 2.45) is 17.8 Å². The number of rotatable bonds is 8. The van der Waals surface area contributed by atoms with Gasteiger partial charge in [0.1, 0.15) is 18.0 Å². The number of carbonyl (C=O) groups excluding carboxylic acids is 1. The molecular formula is C21H28O7. The van der Waals surface area contributed by atoms with Gasteiger partial charge in [0.2, 0.25) is 0 Å². The lowest BCUT2D eigenvalue weighted by molar-refractivity contribution is -0.160. The van der Waals surface area contributed by atoms with Crippen LogP contribution in [0.25, 0.3) is 0 Å². The van der Waals surface area contributed by atoms with Crippen LogP contribution in [0.1, 0.15) is 37.3 Å². The van der Waals surface area contributed by atoms with E-state index in [2.05, 4.69) is 0 Å². The summed E-state index contributed by atoms with van der Waals surface area (Å²) in [5.41, 5.74) is 2.18. The van der Waals surface area contributed by atoms with E-state index in [1.165, 1.54) is 6.92 Å². The Hall–Kier alpha value is -2.12. The van der Waals surface area contributed by atoms with Crippen molar-refractivity contribution in [3.63, 3.8) is 0 Å². The first-order valence-electron chi connectivity index (χ1n) is 9.85. The van der Waals surface area contributed by atoms with Gasteiger partial charge < -0.3 is 24.8 Å². The summed E-state index contributed by atoms with van der Waals surface area (Å²) in [6.45, 7) is 1.11. The van der Waals surface area contributed by atoms with E-state index in [-0.39, 0.29) is 31.2 Å². The molecule has 0 spiro atoms. The molecule has 2 aliphatic carbocycles. The largest absolute Gasteiger partial charge is 0.482 e. The van der Waals surface area contributed by atoms with E-state index in [0.717, 1.165) is 30.4 Å². The first kappa shape index (κ1) is 20.6. The van der Waals surface area contributed by atoms with Gasteiger partial charge in [-0.1, -0.05) is 12.1 Å². The van der Waals surface area contributed by atoms with Crippen LogP contribution in [0.3, 0.4) is 0 Å². The first-order valence-corrected chi connectivity index (χ1v) is 9.85. The maximum Gasteiger partial charge on any atom is 0.341 e. The predicted molar refractivity (Wildman–Crippen MR) is 99.9 cm³/mol. The zero-order chi connectivity index (χ0) is 20.3. The van der Waals surface area contributed by atoms with E-state index in [0.29, 0.717) is 24.5 Å². The molecular weight excluding hydrogens is 364 g/mol. The highest BCUT2D eigenvalue weighted by Crippen LogP contribution is 2.49. The molecule has 1 aromatic carbocycles. The van der Waals surface area contributed by atoms with Crippen molar-refractivity contribution < 1.29 is 34.4 Å². The monoisotopic (exact) mass is 392 g/mol. The molecule has 0 aliphatic heterocycles. The van der Waals surface area contributed by atoms with Gasteiger partial charge in [0, 0.05) is 6.61 Å². The molecule has 0 amide bonds. The molecule has 0 unspecified atom stereocenters. The Labute approximate surface area is 164 Å². The summed E-state index contributed by atoms with van der Waals surface area (Å²) in [5.74, 6) is -0.272. The van der Waals surface area contributed by atoms with Gasteiger partial charge in [-0.2, -0.15) is 0 Å². The van der Waals surface area contributed by atoms with Crippen molar-refractivity contribution in [2.75, 3.05) is 13.2 Å². The van der Waals surface area contributed by atoms with Crippen LogP contribution in [0.15, 0.2) is 18.2 Å². The number of aliphatic hydroxyl groups is 2. The minimum atomic E-state index is -1.16. The number of hydrogen-bond donors (Lipinski definition) is 3. The quantitative estimate of drug-likeness (QED) is 0.576. The number of ether oxygens (including phenoxy) is 2. The molecule has 0 bridgehead atoms. The van der Waals surface area contributed by atoms with Crippen LogP contribution < -0.4 is 4.74 Å². The predicted octanol–water partition coefficient (Wildman–Crippen LogP) is 1.57. The highest BCUT2D eigenvalue weighted by atomic mass is 16.6. The summed E-state index contributed by atoms with van der Waals surface area (Å²) in [5, 5.41) is 27.7. The Morgan fingerprint density at radius 2 is 2.07 bits per heavy atom. The minimum absolute atomic E-state index is 0.0920. The van der Waals surface area contributed by atoms with Crippen molar-refractivity contribution in [3.05, 3.63) is 29.3 Å². The van der Waals surface area contributed by atoms with Crippen LogP contribution >= 0.6 is 0 Å². The second-order valence-electron chi connectivity index (χ2n) is 7.83. The van der Waals surface area contributed by atoms with E-state index in [1.54, 1.807) is 6.07 Å².